The zero-order valence-electron chi connectivity index (χ0n) is 17.2. The van der Waals surface area contributed by atoms with E-state index in [0.29, 0.717) is 18.2 Å². The van der Waals surface area contributed by atoms with Gasteiger partial charge in [0, 0.05) is 18.2 Å². The van der Waals surface area contributed by atoms with Gasteiger partial charge in [-0.3, -0.25) is 4.79 Å². The minimum atomic E-state index is -0.587. The Labute approximate surface area is 169 Å². The highest BCUT2D eigenvalue weighted by molar-refractivity contribution is 5.72. The van der Waals surface area contributed by atoms with Crippen LogP contribution in [0.4, 0.5) is 0 Å². The van der Waals surface area contributed by atoms with E-state index < -0.39 is 5.60 Å². The highest BCUT2D eigenvalue weighted by Crippen LogP contribution is 2.28. The van der Waals surface area contributed by atoms with Gasteiger partial charge in [-0.15, -0.1) is 0 Å². The topological polar surface area (TPSA) is 55.6 Å². The fourth-order valence-corrected chi connectivity index (χ4v) is 3.54. The van der Waals surface area contributed by atoms with Crippen molar-refractivity contribution in [3.05, 3.63) is 84.1 Å². The van der Waals surface area contributed by atoms with E-state index in [4.69, 9.17) is 10.5 Å². The summed E-state index contributed by atoms with van der Waals surface area (Å²) in [6.07, 6.45) is 1.03. The number of hydrogen-bond acceptors (Lipinski definition) is 4. The van der Waals surface area contributed by atoms with Gasteiger partial charge in [-0.2, -0.15) is 0 Å². The summed E-state index contributed by atoms with van der Waals surface area (Å²) in [7, 11) is 2.06. The van der Waals surface area contributed by atoms with E-state index in [-0.39, 0.29) is 12.4 Å². The van der Waals surface area contributed by atoms with Gasteiger partial charge in [0.25, 0.3) is 0 Å². The van der Waals surface area contributed by atoms with E-state index in [0.717, 1.165) is 13.0 Å². The van der Waals surface area contributed by atoms with Gasteiger partial charge in [-0.1, -0.05) is 67.2 Å². The molecule has 2 aromatic rings. The number of nitrogens with two attached hydrogens (primary N) is 1. The molecule has 2 aromatic carbocycles. The summed E-state index contributed by atoms with van der Waals surface area (Å²) in [6.45, 7) is 8.94. The second-order valence-corrected chi connectivity index (χ2v) is 7.97. The molecule has 0 radical (unpaired) electrons. The molecule has 0 bridgehead atoms. The first kappa shape index (κ1) is 21.7. The second-order valence-electron chi connectivity index (χ2n) is 7.97. The van der Waals surface area contributed by atoms with Crippen molar-refractivity contribution >= 4 is 5.97 Å². The lowest BCUT2D eigenvalue weighted by Gasteiger charge is -2.31. The maximum absolute atomic E-state index is 11.9. The molecule has 4 heteroatoms. The number of ether oxygens (including phenoxy) is 1. The van der Waals surface area contributed by atoms with Crippen molar-refractivity contribution in [3.63, 3.8) is 0 Å². The summed E-state index contributed by atoms with van der Waals surface area (Å²) >= 11 is 0. The third-order valence-electron chi connectivity index (χ3n) is 4.62. The summed E-state index contributed by atoms with van der Waals surface area (Å²) in [5, 5.41) is 0. The average molecular weight is 381 g/mol. The van der Waals surface area contributed by atoms with Gasteiger partial charge in [-0.05, 0) is 45.0 Å². The summed E-state index contributed by atoms with van der Waals surface area (Å²) in [4.78, 5) is 14.1. The lowest BCUT2D eigenvalue weighted by molar-refractivity contribution is -0.156. The van der Waals surface area contributed by atoms with Crippen molar-refractivity contribution in [3.8, 4) is 0 Å². The second kappa shape index (κ2) is 10.1. The van der Waals surface area contributed by atoms with Crippen LogP contribution in [0.5, 0.6) is 0 Å². The molecule has 0 saturated heterocycles. The van der Waals surface area contributed by atoms with Crippen molar-refractivity contribution in [2.45, 2.75) is 38.2 Å². The van der Waals surface area contributed by atoms with E-state index >= 15 is 0 Å². The Hall–Kier alpha value is -2.59. The van der Waals surface area contributed by atoms with E-state index in [1.54, 1.807) is 0 Å². The standard InChI is InChI=1S/C24H32N2O2/c1-19(25)17-23(27)28-24(2,3)18-26(4)16-15-22(20-11-7-5-8-12-20)21-13-9-6-10-14-21/h5-14,22H,1,15-18,25H2,2-4H3. The maximum atomic E-state index is 11.9. The first-order chi connectivity index (χ1) is 13.3. The zero-order chi connectivity index (χ0) is 20.6. The predicted molar refractivity (Wildman–Crippen MR) is 115 cm³/mol. The van der Waals surface area contributed by atoms with E-state index in [2.05, 4.69) is 67.1 Å². The van der Waals surface area contributed by atoms with Gasteiger partial charge in [0.15, 0.2) is 0 Å². The molecule has 0 fully saturated rings. The number of nitrogens with zero attached hydrogens (tertiary/aromatic N) is 1. The molecule has 4 nitrogen and oxygen atoms in total. The minimum absolute atomic E-state index is 0.0528. The van der Waals surface area contributed by atoms with Gasteiger partial charge >= 0.3 is 5.97 Å². The number of hydrogen-bond donors (Lipinski definition) is 1. The van der Waals surface area contributed by atoms with Crippen LogP contribution in [0, 0.1) is 0 Å². The first-order valence-electron chi connectivity index (χ1n) is 9.70. The predicted octanol–water partition coefficient (Wildman–Crippen LogP) is 4.32. The quantitative estimate of drug-likeness (QED) is 0.624. The first-order valence-corrected chi connectivity index (χ1v) is 9.70. The van der Waals surface area contributed by atoms with Crippen LogP contribution in [0.1, 0.15) is 43.7 Å². The minimum Gasteiger partial charge on any atom is -0.458 e. The maximum Gasteiger partial charge on any atom is 0.312 e. The molecule has 0 amide bonds. The van der Waals surface area contributed by atoms with Crippen LogP contribution in [0.15, 0.2) is 72.9 Å². The third-order valence-corrected chi connectivity index (χ3v) is 4.62. The number of esters is 1. The number of benzene rings is 2. The molecule has 0 aliphatic carbocycles. The summed E-state index contributed by atoms with van der Waals surface area (Å²) in [5.41, 5.74) is 7.86. The Morgan fingerprint density at radius 2 is 1.57 bits per heavy atom. The molecule has 2 rings (SSSR count). The lowest BCUT2D eigenvalue weighted by atomic mass is 9.88. The average Bonchev–Trinajstić information content (AvgIpc) is 2.62. The van der Waals surface area contributed by atoms with Crippen LogP contribution in [-0.4, -0.2) is 36.6 Å². The summed E-state index contributed by atoms with van der Waals surface area (Å²) in [6, 6.07) is 21.2. The Morgan fingerprint density at radius 1 is 1.07 bits per heavy atom. The SMILES string of the molecule is C=C(N)CC(=O)OC(C)(C)CN(C)CCC(c1ccccc1)c1ccccc1. The molecule has 0 heterocycles. The van der Waals surface area contributed by atoms with Crippen LogP contribution in [-0.2, 0) is 9.53 Å². The Bertz CT molecular complexity index is 717. The zero-order valence-corrected chi connectivity index (χ0v) is 17.2. The fraction of sp³-hybridized carbons (Fsp3) is 0.375. The van der Waals surface area contributed by atoms with Gasteiger partial charge in [-0.25, -0.2) is 0 Å². The van der Waals surface area contributed by atoms with Crippen molar-refractivity contribution < 1.29 is 9.53 Å². The van der Waals surface area contributed by atoms with Crippen molar-refractivity contribution in [1.29, 1.82) is 0 Å². The molecule has 0 saturated carbocycles. The molecule has 0 atom stereocenters. The number of carbonyl (C=O) groups excluding carboxylic acids is 1. The van der Waals surface area contributed by atoms with Crippen molar-refractivity contribution in [2.24, 2.45) is 5.73 Å². The smallest absolute Gasteiger partial charge is 0.312 e. The largest absolute Gasteiger partial charge is 0.458 e. The van der Waals surface area contributed by atoms with Crippen LogP contribution in [0.3, 0.4) is 0 Å². The third kappa shape index (κ3) is 7.20. The number of carbonyl (C=O) groups is 1. The highest BCUT2D eigenvalue weighted by Gasteiger charge is 2.25. The van der Waals surface area contributed by atoms with Crippen LogP contribution in [0.2, 0.25) is 0 Å². The van der Waals surface area contributed by atoms with Crippen LogP contribution >= 0.6 is 0 Å². The van der Waals surface area contributed by atoms with E-state index in [1.807, 2.05) is 26.0 Å². The van der Waals surface area contributed by atoms with E-state index in [9.17, 15) is 4.79 Å². The molecule has 0 aliphatic heterocycles. The molecular formula is C24H32N2O2. The summed E-state index contributed by atoms with van der Waals surface area (Å²) < 4.78 is 5.57. The van der Waals surface area contributed by atoms with Gasteiger partial charge in [0.1, 0.15) is 5.60 Å². The number of likely N-dealkylation sites (N-methyl/N-ethyl adjacent to an activating group) is 1. The summed E-state index contributed by atoms with van der Waals surface area (Å²) in [5.74, 6) is -0.00609. The van der Waals surface area contributed by atoms with E-state index in [1.165, 1.54) is 11.1 Å². The normalized spacial score (nSPS) is 11.6. The highest BCUT2D eigenvalue weighted by atomic mass is 16.6. The molecule has 0 aromatic heterocycles. The fourth-order valence-electron chi connectivity index (χ4n) is 3.54. The molecule has 2 N–H and O–H groups in total. The van der Waals surface area contributed by atoms with Crippen LogP contribution in [0.25, 0.3) is 0 Å². The molecule has 28 heavy (non-hydrogen) atoms. The van der Waals surface area contributed by atoms with Gasteiger partial charge in [0.2, 0.25) is 0 Å². The molecule has 0 spiro atoms. The Balaban J connectivity index is 1.98. The van der Waals surface area contributed by atoms with Crippen molar-refractivity contribution in [2.75, 3.05) is 20.1 Å². The van der Waals surface area contributed by atoms with Gasteiger partial charge in [0.05, 0.1) is 6.42 Å². The van der Waals surface area contributed by atoms with Crippen LogP contribution < -0.4 is 5.73 Å². The monoisotopic (exact) mass is 380 g/mol. The van der Waals surface area contributed by atoms with Gasteiger partial charge < -0.3 is 15.4 Å². The molecule has 150 valence electrons. The Morgan fingerprint density at radius 3 is 2.04 bits per heavy atom. The van der Waals surface area contributed by atoms with Crippen molar-refractivity contribution in [1.82, 2.24) is 4.90 Å². The Kier molecular flexibility index (Phi) is 7.82. The molecular weight excluding hydrogens is 348 g/mol. The molecule has 0 unspecified atom stereocenters. The lowest BCUT2D eigenvalue weighted by Crippen LogP contribution is -2.41. The molecule has 0 aliphatic rings. The number of rotatable bonds is 10.